The van der Waals surface area contributed by atoms with Crippen molar-refractivity contribution in [2.45, 2.75) is 51.4 Å². The molecule has 1 atom stereocenters. The molecule has 0 spiro atoms. The highest BCUT2D eigenvalue weighted by Gasteiger charge is 2.36. The highest BCUT2D eigenvalue weighted by atomic mass is 16.4. The number of aryl methyl sites for hydroxylation is 1. The molecule has 0 radical (unpaired) electrons. The van der Waals surface area contributed by atoms with Crippen molar-refractivity contribution in [3.05, 3.63) is 34.9 Å². The van der Waals surface area contributed by atoms with E-state index in [4.69, 9.17) is 5.11 Å². The molecule has 0 saturated carbocycles. The lowest BCUT2D eigenvalue weighted by molar-refractivity contribution is -0.138. The second-order valence-electron chi connectivity index (χ2n) is 5.70. The molecule has 0 aromatic heterocycles. The van der Waals surface area contributed by atoms with Crippen LogP contribution in [0.2, 0.25) is 0 Å². The van der Waals surface area contributed by atoms with Gasteiger partial charge in [0.1, 0.15) is 0 Å². The fourth-order valence-corrected chi connectivity index (χ4v) is 2.83. The van der Waals surface area contributed by atoms with Crippen LogP contribution in [0.5, 0.6) is 0 Å². The number of fused-ring (bicyclic) bond motifs is 1. The van der Waals surface area contributed by atoms with E-state index < -0.39 is 5.97 Å². The highest BCUT2D eigenvalue weighted by Crippen LogP contribution is 2.42. The van der Waals surface area contributed by atoms with Crippen molar-refractivity contribution in [1.82, 2.24) is 0 Å². The van der Waals surface area contributed by atoms with Crippen LogP contribution >= 0.6 is 0 Å². The van der Waals surface area contributed by atoms with Crippen molar-refractivity contribution < 1.29 is 9.90 Å². The van der Waals surface area contributed by atoms with E-state index in [0.29, 0.717) is 5.92 Å². The number of rotatable bonds is 3. The fraction of sp³-hybridized carbons (Fsp3) is 0.533. The number of carboxylic acid groups (broad SMARTS) is 1. The van der Waals surface area contributed by atoms with Gasteiger partial charge in [0.05, 0.1) is 6.42 Å². The van der Waals surface area contributed by atoms with E-state index in [1.807, 2.05) is 0 Å². The smallest absolute Gasteiger partial charge is 0.304 e. The highest BCUT2D eigenvalue weighted by molar-refractivity contribution is 5.69. The maximum Gasteiger partial charge on any atom is 0.304 e. The minimum atomic E-state index is -0.701. The third-order valence-corrected chi connectivity index (χ3v) is 3.93. The summed E-state index contributed by atoms with van der Waals surface area (Å²) in [6.07, 6.45) is 2.21. The van der Waals surface area contributed by atoms with Gasteiger partial charge in [0.25, 0.3) is 0 Å². The molecule has 1 unspecified atom stereocenters. The molecule has 2 heteroatoms. The summed E-state index contributed by atoms with van der Waals surface area (Å²) in [5.41, 5.74) is 3.77. The van der Waals surface area contributed by atoms with Crippen molar-refractivity contribution in [2.24, 2.45) is 0 Å². The van der Waals surface area contributed by atoms with Crippen LogP contribution in [0, 0.1) is 0 Å². The number of carbonyl (C=O) groups is 1. The molecule has 1 aromatic rings. The minimum absolute atomic E-state index is 0.170. The normalized spacial score (nSPS) is 22.8. The molecule has 1 aliphatic rings. The monoisotopic (exact) mass is 232 g/mol. The predicted molar refractivity (Wildman–Crippen MR) is 68.5 cm³/mol. The van der Waals surface area contributed by atoms with Crippen LogP contribution in [0.15, 0.2) is 18.2 Å². The van der Waals surface area contributed by atoms with Gasteiger partial charge in [-0.1, -0.05) is 39.0 Å². The number of aliphatic carboxylic acids is 1. The lowest BCUT2D eigenvalue weighted by Gasteiger charge is -2.23. The molecular formula is C15H20O2. The van der Waals surface area contributed by atoms with Crippen molar-refractivity contribution in [2.75, 3.05) is 0 Å². The molecule has 0 aliphatic heterocycles. The van der Waals surface area contributed by atoms with Crippen molar-refractivity contribution in [1.29, 1.82) is 0 Å². The minimum Gasteiger partial charge on any atom is -0.481 e. The predicted octanol–water partition coefficient (Wildman–Crippen LogP) is 3.49. The molecule has 0 fully saturated rings. The first-order valence-corrected chi connectivity index (χ1v) is 6.27. The van der Waals surface area contributed by atoms with Crippen LogP contribution in [0.25, 0.3) is 0 Å². The third kappa shape index (κ3) is 2.21. The van der Waals surface area contributed by atoms with Crippen LogP contribution in [0.4, 0.5) is 0 Å². The average molecular weight is 232 g/mol. The Morgan fingerprint density at radius 3 is 2.76 bits per heavy atom. The third-order valence-electron chi connectivity index (χ3n) is 3.93. The Labute approximate surface area is 103 Å². The van der Waals surface area contributed by atoms with Gasteiger partial charge in [-0.05, 0) is 35.4 Å². The molecule has 1 aliphatic carbocycles. The topological polar surface area (TPSA) is 37.3 Å². The van der Waals surface area contributed by atoms with Gasteiger partial charge in [-0.2, -0.15) is 0 Å². The number of hydrogen-bond acceptors (Lipinski definition) is 1. The summed E-state index contributed by atoms with van der Waals surface area (Å²) < 4.78 is 0. The number of hydrogen-bond donors (Lipinski definition) is 1. The van der Waals surface area contributed by atoms with E-state index in [9.17, 15) is 4.79 Å². The lowest BCUT2D eigenvalue weighted by atomic mass is 9.80. The van der Waals surface area contributed by atoms with E-state index >= 15 is 0 Å². The first kappa shape index (κ1) is 12.2. The Hall–Kier alpha value is -1.31. The van der Waals surface area contributed by atoms with Gasteiger partial charge >= 0.3 is 5.97 Å². The Kier molecular flexibility index (Phi) is 2.98. The zero-order valence-electron chi connectivity index (χ0n) is 10.8. The maximum atomic E-state index is 10.9. The van der Waals surface area contributed by atoms with E-state index in [2.05, 4.69) is 39.0 Å². The van der Waals surface area contributed by atoms with E-state index in [1.165, 1.54) is 16.7 Å². The largest absolute Gasteiger partial charge is 0.481 e. The van der Waals surface area contributed by atoms with Gasteiger partial charge in [-0.25, -0.2) is 0 Å². The lowest BCUT2D eigenvalue weighted by Crippen LogP contribution is -2.22. The van der Waals surface area contributed by atoms with Crippen molar-refractivity contribution in [3.8, 4) is 0 Å². The van der Waals surface area contributed by atoms with Crippen LogP contribution in [-0.4, -0.2) is 11.1 Å². The van der Waals surface area contributed by atoms with Crippen molar-refractivity contribution >= 4 is 5.97 Å². The molecular weight excluding hydrogens is 212 g/mol. The summed E-state index contributed by atoms with van der Waals surface area (Å²) >= 11 is 0. The number of carboxylic acids is 1. The molecule has 1 N–H and O–H groups in total. The zero-order valence-corrected chi connectivity index (χ0v) is 10.8. The van der Waals surface area contributed by atoms with E-state index in [1.54, 1.807) is 0 Å². The number of benzene rings is 1. The van der Waals surface area contributed by atoms with E-state index in [-0.39, 0.29) is 11.8 Å². The van der Waals surface area contributed by atoms with Gasteiger partial charge < -0.3 is 5.11 Å². The molecule has 2 rings (SSSR count). The van der Waals surface area contributed by atoms with Gasteiger partial charge in [0, 0.05) is 5.41 Å². The molecule has 1 aromatic carbocycles. The standard InChI is InChI=1S/C15H20O2/c1-10(2)11-4-5-13-12(8-11)6-7-15(13,3)9-14(16)17/h4-5,8,10H,6-7,9H2,1-3H3,(H,16,17). The van der Waals surface area contributed by atoms with E-state index in [0.717, 1.165) is 12.8 Å². The molecule has 92 valence electrons. The SMILES string of the molecule is CC(C)c1ccc2c(c1)CCC2(C)CC(=O)O. The molecule has 17 heavy (non-hydrogen) atoms. The van der Waals surface area contributed by atoms with Gasteiger partial charge in [0.2, 0.25) is 0 Å². The fourth-order valence-electron chi connectivity index (χ4n) is 2.83. The first-order valence-electron chi connectivity index (χ1n) is 6.27. The molecule has 0 saturated heterocycles. The van der Waals surface area contributed by atoms with Crippen molar-refractivity contribution in [3.63, 3.8) is 0 Å². The molecule has 0 heterocycles. The second-order valence-corrected chi connectivity index (χ2v) is 5.70. The second kappa shape index (κ2) is 4.17. The summed E-state index contributed by atoms with van der Waals surface area (Å²) in [4.78, 5) is 10.9. The average Bonchev–Trinajstić information content (AvgIpc) is 2.55. The van der Waals surface area contributed by atoms with Crippen LogP contribution in [-0.2, 0) is 16.6 Å². The summed E-state index contributed by atoms with van der Waals surface area (Å²) in [5.74, 6) is -0.167. The Balaban J connectivity index is 2.36. The summed E-state index contributed by atoms with van der Waals surface area (Å²) in [6, 6.07) is 6.54. The maximum absolute atomic E-state index is 10.9. The summed E-state index contributed by atoms with van der Waals surface area (Å²) in [7, 11) is 0. The van der Waals surface area contributed by atoms with Gasteiger partial charge in [0.15, 0.2) is 0 Å². The Bertz CT molecular complexity index is 448. The van der Waals surface area contributed by atoms with Gasteiger partial charge in [-0.3, -0.25) is 4.79 Å². The zero-order chi connectivity index (χ0) is 12.6. The molecule has 0 bridgehead atoms. The quantitative estimate of drug-likeness (QED) is 0.866. The van der Waals surface area contributed by atoms with Crippen LogP contribution in [0.1, 0.15) is 56.2 Å². The Morgan fingerprint density at radius 1 is 1.47 bits per heavy atom. The molecule has 2 nitrogen and oxygen atoms in total. The molecule has 0 amide bonds. The van der Waals surface area contributed by atoms with Crippen LogP contribution < -0.4 is 0 Å². The Morgan fingerprint density at radius 2 is 2.18 bits per heavy atom. The summed E-state index contributed by atoms with van der Waals surface area (Å²) in [5, 5.41) is 9.01. The van der Waals surface area contributed by atoms with Gasteiger partial charge in [-0.15, -0.1) is 0 Å². The van der Waals surface area contributed by atoms with Crippen LogP contribution in [0.3, 0.4) is 0 Å². The summed E-state index contributed by atoms with van der Waals surface area (Å²) in [6.45, 7) is 6.45. The first-order chi connectivity index (χ1) is 7.92.